The van der Waals surface area contributed by atoms with Crippen LogP contribution in [0.4, 0.5) is 5.69 Å². The Morgan fingerprint density at radius 3 is 2.76 bits per heavy atom. The molecule has 88 valence electrons. The summed E-state index contributed by atoms with van der Waals surface area (Å²) in [7, 11) is 1.79. The molecule has 0 aliphatic carbocycles. The number of carbonyl (C=O) groups excluding carboxylic acids is 1. The molecular weight excluding hydrogens is 282 g/mol. The third-order valence-electron chi connectivity index (χ3n) is 3.60. The van der Waals surface area contributed by atoms with Crippen molar-refractivity contribution in [3.63, 3.8) is 0 Å². The lowest BCUT2D eigenvalue weighted by Gasteiger charge is -2.23. The van der Waals surface area contributed by atoms with E-state index in [1.54, 1.807) is 11.9 Å². The van der Waals surface area contributed by atoms with Gasteiger partial charge in [-0.25, -0.2) is 0 Å². The highest BCUT2D eigenvalue weighted by molar-refractivity contribution is 9.11. The molecule has 3 nitrogen and oxygen atoms in total. The number of benzene rings is 1. The average Bonchev–Trinajstić information content (AvgIpc) is 2.76. The number of rotatable bonds is 0. The van der Waals surface area contributed by atoms with Crippen molar-refractivity contribution < 1.29 is 9.53 Å². The molecule has 2 aliphatic heterocycles. The molecule has 4 heteroatoms. The minimum absolute atomic E-state index is 0.00866. The van der Waals surface area contributed by atoms with Crippen molar-refractivity contribution in [3.8, 4) is 0 Å². The lowest BCUT2D eigenvalue weighted by molar-refractivity contribution is -0.135. The minimum Gasteiger partial charge on any atom is -0.351 e. The second kappa shape index (κ2) is 3.43. The number of para-hydroxylation sites is 1. The summed E-state index contributed by atoms with van der Waals surface area (Å²) in [4.78, 5) is 14.2. The van der Waals surface area contributed by atoms with Gasteiger partial charge in [0, 0.05) is 17.1 Å². The lowest BCUT2D eigenvalue weighted by atomic mass is 9.89. The molecule has 0 saturated carbocycles. The van der Waals surface area contributed by atoms with E-state index >= 15 is 0 Å². The van der Waals surface area contributed by atoms with E-state index in [9.17, 15) is 4.79 Å². The van der Waals surface area contributed by atoms with Gasteiger partial charge < -0.3 is 9.64 Å². The molecule has 2 aliphatic rings. The molecule has 3 rings (SSSR count). The van der Waals surface area contributed by atoms with Gasteiger partial charge in [0.2, 0.25) is 0 Å². The molecule has 2 heterocycles. The van der Waals surface area contributed by atoms with Gasteiger partial charge in [0.05, 0.1) is 12.3 Å². The van der Waals surface area contributed by atoms with Gasteiger partial charge in [-0.2, -0.15) is 0 Å². The Kier molecular flexibility index (Phi) is 2.22. The maximum Gasteiger partial charge on any atom is 0.268 e. The number of hydrogen-bond acceptors (Lipinski definition) is 2. The molecule has 1 aromatic rings. The molecule has 0 bridgehead atoms. The Labute approximate surface area is 108 Å². The molecule has 0 unspecified atom stereocenters. The first-order valence-electron chi connectivity index (χ1n) is 5.46. The quantitative estimate of drug-likeness (QED) is 0.736. The number of anilines is 1. The van der Waals surface area contributed by atoms with Crippen LogP contribution in [0.5, 0.6) is 0 Å². The van der Waals surface area contributed by atoms with E-state index in [1.165, 1.54) is 0 Å². The fourth-order valence-electron chi connectivity index (χ4n) is 2.61. The van der Waals surface area contributed by atoms with Crippen LogP contribution in [0.15, 0.2) is 34.3 Å². The standard InChI is InChI=1S/C13H12BrNO2/c1-8-10(14)7-17-13(8)9-5-3-4-6-11(9)15(2)12(13)16/h3-6H,7H2,1-2H3/t13-/m1/s1. The van der Waals surface area contributed by atoms with Crippen molar-refractivity contribution in [1.82, 2.24) is 0 Å². The van der Waals surface area contributed by atoms with Gasteiger partial charge in [0.15, 0.2) is 5.60 Å². The zero-order chi connectivity index (χ0) is 12.2. The number of fused-ring (bicyclic) bond motifs is 2. The molecule has 0 radical (unpaired) electrons. The second-order valence-corrected chi connectivity index (χ2v) is 5.34. The van der Waals surface area contributed by atoms with Crippen LogP contribution in [0.2, 0.25) is 0 Å². The predicted molar refractivity (Wildman–Crippen MR) is 69.1 cm³/mol. The lowest BCUT2D eigenvalue weighted by Crippen LogP contribution is -2.39. The SMILES string of the molecule is CC1=C(Br)CO[C@]12C(=O)N(C)c1ccccc12. The largest absolute Gasteiger partial charge is 0.351 e. The monoisotopic (exact) mass is 293 g/mol. The minimum atomic E-state index is -0.899. The molecule has 1 amide bonds. The van der Waals surface area contributed by atoms with Gasteiger partial charge in [-0.3, -0.25) is 4.79 Å². The van der Waals surface area contributed by atoms with Crippen molar-refractivity contribution in [2.75, 3.05) is 18.6 Å². The van der Waals surface area contributed by atoms with Crippen molar-refractivity contribution in [1.29, 1.82) is 0 Å². The Balaban J connectivity index is 2.30. The summed E-state index contributed by atoms with van der Waals surface area (Å²) in [6, 6.07) is 7.79. The molecule has 1 atom stereocenters. The molecule has 1 spiro atoms. The summed E-state index contributed by atoms with van der Waals surface area (Å²) in [5.74, 6) is -0.00866. The van der Waals surface area contributed by atoms with Crippen LogP contribution in [0.3, 0.4) is 0 Å². The zero-order valence-corrected chi connectivity index (χ0v) is 11.2. The number of carbonyl (C=O) groups is 1. The second-order valence-electron chi connectivity index (χ2n) is 4.38. The highest BCUT2D eigenvalue weighted by Crippen LogP contribution is 2.50. The van der Waals surface area contributed by atoms with Crippen LogP contribution in [-0.4, -0.2) is 19.6 Å². The summed E-state index contributed by atoms with van der Waals surface area (Å²) >= 11 is 3.47. The Hall–Kier alpha value is -1.13. The highest BCUT2D eigenvalue weighted by atomic mass is 79.9. The first kappa shape index (κ1) is 11.0. The van der Waals surface area contributed by atoms with Crippen LogP contribution < -0.4 is 4.90 Å². The molecule has 0 N–H and O–H groups in total. The number of ether oxygens (including phenoxy) is 1. The fourth-order valence-corrected chi connectivity index (χ4v) is 3.00. The number of halogens is 1. The normalized spacial score (nSPS) is 27.2. The van der Waals surface area contributed by atoms with E-state index in [0.29, 0.717) is 6.61 Å². The van der Waals surface area contributed by atoms with Crippen molar-refractivity contribution in [2.45, 2.75) is 12.5 Å². The van der Waals surface area contributed by atoms with Gasteiger partial charge in [-0.05, 0) is 18.6 Å². The summed E-state index contributed by atoms with van der Waals surface area (Å²) in [5, 5.41) is 0. The molecule has 1 aromatic carbocycles. The van der Waals surface area contributed by atoms with Crippen LogP contribution in [-0.2, 0) is 15.1 Å². The van der Waals surface area contributed by atoms with E-state index in [4.69, 9.17) is 4.74 Å². The molecule has 17 heavy (non-hydrogen) atoms. The summed E-state index contributed by atoms with van der Waals surface area (Å²) in [5.41, 5.74) is 1.93. The third-order valence-corrected chi connectivity index (χ3v) is 4.42. The van der Waals surface area contributed by atoms with Gasteiger partial charge in [0.25, 0.3) is 5.91 Å². The Morgan fingerprint density at radius 1 is 1.41 bits per heavy atom. The van der Waals surface area contributed by atoms with Gasteiger partial charge in [-0.15, -0.1) is 0 Å². The zero-order valence-electron chi connectivity index (χ0n) is 9.66. The summed E-state index contributed by atoms with van der Waals surface area (Å²) < 4.78 is 6.79. The predicted octanol–water partition coefficient (Wildman–Crippen LogP) is 2.56. The maximum atomic E-state index is 12.5. The van der Waals surface area contributed by atoms with Crippen molar-refractivity contribution >= 4 is 27.5 Å². The first-order valence-corrected chi connectivity index (χ1v) is 6.25. The topological polar surface area (TPSA) is 29.5 Å². The number of nitrogens with zero attached hydrogens (tertiary/aromatic N) is 1. The van der Waals surface area contributed by atoms with E-state index in [2.05, 4.69) is 15.9 Å². The number of amides is 1. The molecule has 0 aromatic heterocycles. The molecular formula is C13H12BrNO2. The van der Waals surface area contributed by atoms with Gasteiger partial charge in [-0.1, -0.05) is 34.1 Å². The van der Waals surface area contributed by atoms with E-state index in [-0.39, 0.29) is 5.91 Å². The van der Waals surface area contributed by atoms with Crippen LogP contribution in [0, 0.1) is 0 Å². The Bertz CT molecular complexity index is 552. The third kappa shape index (κ3) is 1.17. The maximum absolute atomic E-state index is 12.5. The number of likely N-dealkylation sites (N-methyl/N-ethyl adjacent to an activating group) is 1. The summed E-state index contributed by atoms with van der Waals surface area (Å²) in [6.45, 7) is 2.41. The van der Waals surface area contributed by atoms with E-state index in [0.717, 1.165) is 21.3 Å². The van der Waals surface area contributed by atoms with Crippen LogP contribution >= 0.6 is 15.9 Å². The van der Waals surface area contributed by atoms with Crippen molar-refractivity contribution in [2.24, 2.45) is 0 Å². The van der Waals surface area contributed by atoms with Crippen LogP contribution in [0.25, 0.3) is 0 Å². The van der Waals surface area contributed by atoms with Gasteiger partial charge in [0.1, 0.15) is 0 Å². The van der Waals surface area contributed by atoms with Crippen LogP contribution in [0.1, 0.15) is 12.5 Å². The van der Waals surface area contributed by atoms with E-state index < -0.39 is 5.60 Å². The van der Waals surface area contributed by atoms with Gasteiger partial charge >= 0.3 is 0 Å². The van der Waals surface area contributed by atoms with Crippen molar-refractivity contribution in [3.05, 3.63) is 39.9 Å². The smallest absolute Gasteiger partial charge is 0.268 e. The Morgan fingerprint density at radius 2 is 2.12 bits per heavy atom. The summed E-state index contributed by atoms with van der Waals surface area (Å²) in [6.07, 6.45) is 0. The highest BCUT2D eigenvalue weighted by Gasteiger charge is 2.55. The molecule has 0 saturated heterocycles. The van der Waals surface area contributed by atoms with E-state index in [1.807, 2.05) is 31.2 Å². The average molecular weight is 294 g/mol. The first-order chi connectivity index (χ1) is 8.09. The number of hydrogen-bond donors (Lipinski definition) is 0. The fraction of sp³-hybridized carbons (Fsp3) is 0.308. The molecule has 0 fully saturated rings.